The lowest BCUT2D eigenvalue weighted by atomic mass is 10.1. The number of hydrogen-bond acceptors (Lipinski definition) is 5. The Morgan fingerprint density at radius 3 is 2.73 bits per heavy atom. The Bertz CT molecular complexity index is 871. The molecule has 0 aliphatic carbocycles. The van der Waals surface area contributed by atoms with Gasteiger partial charge in [0.2, 0.25) is 0 Å². The number of thiophene rings is 1. The van der Waals surface area contributed by atoms with E-state index in [0.29, 0.717) is 42.6 Å². The second-order valence-electron chi connectivity index (χ2n) is 5.97. The smallest absolute Gasteiger partial charge is 0.252 e. The van der Waals surface area contributed by atoms with Gasteiger partial charge >= 0.3 is 0 Å². The van der Waals surface area contributed by atoms with Crippen molar-refractivity contribution >= 4 is 27.3 Å². The molecule has 1 N–H and O–H groups in total. The molecule has 1 aliphatic rings. The molecule has 6 nitrogen and oxygen atoms in total. The summed E-state index contributed by atoms with van der Waals surface area (Å²) < 4.78 is 32.5. The Hall–Kier alpha value is -1.74. The van der Waals surface area contributed by atoms with Gasteiger partial charge in [-0.1, -0.05) is 19.1 Å². The number of rotatable bonds is 6. The third-order valence-corrected chi connectivity index (χ3v) is 7.59. The first kappa shape index (κ1) is 19.0. The Morgan fingerprint density at radius 2 is 2.00 bits per heavy atom. The fourth-order valence-corrected chi connectivity index (χ4v) is 5.55. The monoisotopic (exact) mass is 394 g/mol. The average molecular weight is 395 g/mol. The van der Waals surface area contributed by atoms with Crippen LogP contribution in [0.3, 0.4) is 0 Å². The number of morpholine rings is 1. The standard InChI is InChI=1S/C18H22N2O4S2/c1-2-8-19-18(21)15-5-3-4-14(13-15)16-6-7-17(25-16)26(22,23)20-9-11-24-12-10-20/h3-7,13H,2,8-12H2,1H3,(H,19,21). The van der Waals surface area contributed by atoms with Gasteiger partial charge in [-0.2, -0.15) is 4.31 Å². The Balaban J connectivity index is 1.82. The molecule has 8 heteroatoms. The maximum absolute atomic E-state index is 12.7. The summed E-state index contributed by atoms with van der Waals surface area (Å²) in [6.07, 6.45) is 0.874. The van der Waals surface area contributed by atoms with Crippen molar-refractivity contribution in [2.24, 2.45) is 0 Å². The molecule has 2 heterocycles. The first-order valence-corrected chi connectivity index (χ1v) is 10.8. The van der Waals surface area contributed by atoms with Crippen molar-refractivity contribution in [2.45, 2.75) is 17.6 Å². The average Bonchev–Trinajstić information content (AvgIpc) is 3.18. The molecule has 0 radical (unpaired) electrons. The highest BCUT2D eigenvalue weighted by molar-refractivity contribution is 7.91. The molecule has 140 valence electrons. The molecule has 1 aromatic heterocycles. The highest BCUT2D eigenvalue weighted by Crippen LogP contribution is 2.33. The molecule has 0 bridgehead atoms. The van der Waals surface area contributed by atoms with Crippen LogP contribution in [0.25, 0.3) is 10.4 Å². The van der Waals surface area contributed by atoms with E-state index in [1.54, 1.807) is 24.3 Å². The lowest BCUT2D eigenvalue weighted by Gasteiger charge is -2.25. The summed E-state index contributed by atoms with van der Waals surface area (Å²) in [5.41, 5.74) is 1.41. The SMILES string of the molecule is CCCNC(=O)c1cccc(-c2ccc(S(=O)(=O)N3CCOCC3)s2)c1. The van der Waals surface area contributed by atoms with Crippen molar-refractivity contribution in [3.63, 3.8) is 0 Å². The Labute approximate surface area is 157 Å². The molecule has 0 atom stereocenters. The highest BCUT2D eigenvalue weighted by Gasteiger charge is 2.27. The second kappa shape index (κ2) is 8.30. The molecule has 1 saturated heterocycles. The maximum Gasteiger partial charge on any atom is 0.252 e. The third kappa shape index (κ3) is 4.15. The molecule has 0 unspecified atom stereocenters. The van der Waals surface area contributed by atoms with Crippen LogP contribution in [0.4, 0.5) is 0 Å². The van der Waals surface area contributed by atoms with Gasteiger partial charge in [0.25, 0.3) is 15.9 Å². The predicted octanol–water partition coefficient (Wildman–Crippen LogP) is 2.58. The predicted molar refractivity (Wildman–Crippen MR) is 102 cm³/mol. The van der Waals surface area contributed by atoms with E-state index in [2.05, 4.69) is 5.32 Å². The van der Waals surface area contributed by atoms with Crippen molar-refractivity contribution in [2.75, 3.05) is 32.8 Å². The fourth-order valence-electron chi connectivity index (χ4n) is 2.68. The third-order valence-electron chi connectivity index (χ3n) is 4.09. The quantitative estimate of drug-likeness (QED) is 0.817. The van der Waals surface area contributed by atoms with E-state index in [1.165, 1.54) is 15.6 Å². The topological polar surface area (TPSA) is 75.7 Å². The number of hydrogen-bond donors (Lipinski definition) is 1. The Morgan fingerprint density at radius 1 is 1.23 bits per heavy atom. The lowest BCUT2D eigenvalue weighted by Crippen LogP contribution is -2.40. The summed E-state index contributed by atoms with van der Waals surface area (Å²) in [6, 6.07) is 10.7. The van der Waals surface area contributed by atoms with Gasteiger partial charge in [-0.15, -0.1) is 11.3 Å². The molecule has 1 aliphatic heterocycles. The first-order chi connectivity index (χ1) is 12.5. The van der Waals surface area contributed by atoms with E-state index in [4.69, 9.17) is 4.74 Å². The number of nitrogens with one attached hydrogen (secondary N) is 1. The Kier molecular flexibility index (Phi) is 6.08. The molecule has 0 saturated carbocycles. The summed E-state index contributed by atoms with van der Waals surface area (Å²) >= 11 is 1.22. The van der Waals surface area contributed by atoms with Gasteiger partial charge in [0.15, 0.2) is 0 Å². The summed E-state index contributed by atoms with van der Waals surface area (Å²) in [5.74, 6) is -0.119. The molecule has 1 fully saturated rings. The van der Waals surface area contributed by atoms with Crippen LogP contribution in [0.1, 0.15) is 23.7 Å². The van der Waals surface area contributed by atoms with Crippen LogP contribution in [0, 0.1) is 0 Å². The summed E-state index contributed by atoms with van der Waals surface area (Å²) in [4.78, 5) is 13.0. The number of nitrogens with zero attached hydrogens (tertiary/aromatic N) is 1. The normalized spacial score (nSPS) is 15.7. The minimum atomic E-state index is -3.50. The number of ether oxygens (including phenoxy) is 1. The lowest BCUT2D eigenvalue weighted by molar-refractivity contribution is 0.0731. The van der Waals surface area contributed by atoms with Gasteiger partial charge in [-0.3, -0.25) is 4.79 Å². The number of benzene rings is 1. The fraction of sp³-hybridized carbons (Fsp3) is 0.389. The van der Waals surface area contributed by atoms with E-state index in [9.17, 15) is 13.2 Å². The van der Waals surface area contributed by atoms with Crippen LogP contribution in [0.2, 0.25) is 0 Å². The molecule has 1 amide bonds. The molecule has 26 heavy (non-hydrogen) atoms. The van der Waals surface area contributed by atoms with Gasteiger partial charge in [-0.05, 0) is 36.2 Å². The minimum absolute atomic E-state index is 0.119. The first-order valence-electron chi connectivity index (χ1n) is 8.58. The van der Waals surface area contributed by atoms with Crippen LogP contribution in [-0.4, -0.2) is 51.5 Å². The van der Waals surface area contributed by atoms with Crippen LogP contribution < -0.4 is 5.32 Å². The minimum Gasteiger partial charge on any atom is -0.379 e. The molecular formula is C18H22N2O4S2. The summed E-state index contributed by atoms with van der Waals surface area (Å²) in [7, 11) is -3.50. The van der Waals surface area contributed by atoms with E-state index >= 15 is 0 Å². The van der Waals surface area contributed by atoms with Gasteiger partial charge in [0, 0.05) is 30.1 Å². The summed E-state index contributed by atoms with van der Waals surface area (Å²) in [6.45, 7) is 4.23. The zero-order chi connectivity index (χ0) is 18.6. The number of sulfonamides is 1. The van der Waals surface area contributed by atoms with E-state index in [0.717, 1.165) is 16.9 Å². The maximum atomic E-state index is 12.7. The van der Waals surface area contributed by atoms with E-state index in [1.807, 2.05) is 19.1 Å². The summed E-state index contributed by atoms with van der Waals surface area (Å²) in [5, 5.41) is 2.85. The molecule has 2 aromatic rings. The van der Waals surface area contributed by atoms with Crippen LogP contribution in [0.15, 0.2) is 40.6 Å². The van der Waals surface area contributed by atoms with Gasteiger partial charge < -0.3 is 10.1 Å². The van der Waals surface area contributed by atoms with Crippen LogP contribution >= 0.6 is 11.3 Å². The molecule has 3 rings (SSSR count). The zero-order valence-electron chi connectivity index (χ0n) is 14.6. The zero-order valence-corrected chi connectivity index (χ0v) is 16.2. The number of amides is 1. The van der Waals surface area contributed by atoms with Crippen molar-refractivity contribution < 1.29 is 17.9 Å². The van der Waals surface area contributed by atoms with Crippen molar-refractivity contribution in [1.29, 1.82) is 0 Å². The molecular weight excluding hydrogens is 372 g/mol. The van der Waals surface area contributed by atoms with Gasteiger partial charge in [-0.25, -0.2) is 8.42 Å². The van der Waals surface area contributed by atoms with Gasteiger partial charge in [0.05, 0.1) is 13.2 Å². The van der Waals surface area contributed by atoms with Crippen molar-refractivity contribution in [1.82, 2.24) is 9.62 Å². The number of carbonyl (C=O) groups excluding carboxylic acids is 1. The van der Waals surface area contributed by atoms with Gasteiger partial charge in [0.1, 0.15) is 4.21 Å². The highest BCUT2D eigenvalue weighted by atomic mass is 32.2. The molecule has 1 aromatic carbocycles. The van der Waals surface area contributed by atoms with Crippen molar-refractivity contribution in [3.8, 4) is 10.4 Å². The largest absolute Gasteiger partial charge is 0.379 e. The van der Waals surface area contributed by atoms with E-state index < -0.39 is 10.0 Å². The van der Waals surface area contributed by atoms with Crippen molar-refractivity contribution in [3.05, 3.63) is 42.0 Å². The van der Waals surface area contributed by atoms with E-state index in [-0.39, 0.29) is 5.91 Å². The number of carbonyl (C=O) groups is 1. The second-order valence-corrected chi connectivity index (χ2v) is 9.22. The van der Waals surface area contributed by atoms with Crippen LogP contribution in [0.5, 0.6) is 0 Å². The molecule has 0 spiro atoms. The van der Waals surface area contributed by atoms with Crippen LogP contribution in [-0.2, 0) is 14.8 Å².